The molecule has 0 atom stereocenters. The largest absolute Gasteiger partial charge is 0.411 e. The molecule has 1 heterocycles. The van der Waals surface area contributed by atoms with E-state index in [2.05, 4.69) is 29.8 Å². The van der Waals surface area contributed by atoms with Gasteiger partial charge in [-0.05, 0) is 6.04 Å². The molecule has 0 saturated carbocycles. The van der Waals surface area contributed by atoms with E-state index in [0.717, 1.165) is 18.3 Å². The summed E-state index contributed by atoms with van der Waals surface area (Å²) in [5.74, 6) is 0. The highest BCUT2D eigenvalue weighted by Crippen LogP contribution is 2.09. The molecule has 1 rings (SSSR count). The number of thiazole rings is 1. The second-order valence-electron chi connectivity index (χ2n) is 5.11. The minimum absolute atomic E-state index is 0.297. The fourth-order valence-electron chi connectivity index (χ4n) is 1.14. The molecule has 1 N–H and O–H groups in total. The van der Waals surface area contributed by atoms with Crippen LogP contribution in [0.1, 0.15) is 10.7 Å². The van der Waals surface area contributed by atoms with Gasteiger partial charge in [0.05, 0.1) is 12.3 Å². The first-order valence-electron chi connectivity index (χ1n) is 5.78. The van der Waals surface area contributed by atoms with Gasteiger partial charge in [-0.1, -0.05) is 24.8 Å². The Morgan fingerprint density at radius 2 is 2.22 bits per heavy atom. The number of nitrogens with zero attached hydrogens (tertiary/aromatic N) is 2. The van der Waals surface area contributed by atoms with E-state index in [4.69, 9.17) is 14.7 Å². The number of oxime groups is 1. The van der Waals surface area contributed by atoms with Gasteiger partial charge < -0.3 is 14.7 Å². The Bertz CT molecular complexity index is 377. The van der Waals surface area contributed by atoms with Gasteiger partial charge in [-0.3, -0.25) is 0 Å². The number of hydrogen-bond acceptors (Lipinski definition) is 6. The highest BCUT2D eigenvalue weighted by molar-refractivity contribution is 7.11. The van der Waals surface area contributed by atoms with Crippen LogP contribution in [0.4, 0.5) is 0 Å². The van der Waals surface area contributed by atoms with Crippen molar-refractivity contribution >= 4 is 25.6 Å². The molecule has 0 fully saturated rings. The molecule has 5 nitrogen and oxygen atoms in total. The third-order valence-corrected chi connectivity index (χ3v) is 4.68. The van der Waals surface area contributed by atoms with Crippen molar-refractivity contribution in [1.29, 1.82) is 0 Å². The molecular formula is C11H20N2O3SSi. The number of ether oxygens (including phenoxy) is 2. The second-order valence-corrected chi connectivity index (χ2v) is 11.6. The van der Waals surface area contributed by atoms with Crippen molar-refractivity contribution in [3.63, 3.8) is 0 Å². The zero-order chi connectivity index (χ0) is 13.4. The molecule has 0 saturated heterocycles. The van der Waals surface area contributed by atoms with Gasteiger partial charge in [0, 0.05) is 20.1 Å². The lowest BCUT2D eigenvalue weighted by molar-refractivity contribution is -0.0581. The summed E-state index contributed by atoms with van der Waals surface area (Å²) in [4.78, 5) is 4.19. The van der Waals surface area contributed by atoms with Gasteiger partial charge in [0.25, 0.3) is 0 Å². The van der Waals surface area contributed by atoms with Crippen LogP contribution in [0.5, 0.6) is 0 Å². The molecule has 18 heavy (non-hydrogen) atoms. The molecule has 0 aliphatic carbocycles. The van der Waals surface area contributed by atoms with Gasteiger partial charge in [0.1, 0.15) is 18.0 Å². The molecule has 0 spiro atoms. The summed E-state index contributed by atoms with van der Waals surface area (Å²) in [5.41, 5.74) is 0.823. The average Bonchev–Trinajstić information content (AvgIpc) is 2.70. The van der Waals surface area contributed by atoms with E-state index in [1.165, 1.54) is 17.6 Å². The summed E-state index contributed by atoms with van der Waals surface area (Å²) < 4.78 is 10.8. The zero-order valence-electron chi connectivity index (χ0n) is 11.0. The van der Waals surface area contributed by atoms with Crippen molar-refractivity contribution in [1.82, 2.24) is 4.98 Å². The maximum absolute atomic E-state index is 8.36. The molecule has 0 aliphatic heterocycles. The van der Waals surface area contributed by atoms with Crippen LogP contribution in [0.3, 0.4) is 0 Å². The van der Waals surface area contributed by atoms with E-state index >= 15 is 0 Å². The van der Waals surface area contributed by atoms with E-state index in [0.29, 0.717) is 18.4 Å². The minimum Gasteiger partial charge on any atom is -0.411 e. The standard InChI is InChI=1S/C11H20N2O3SSi/c1-18(2,3)5-4-15-9-16-7-10-8-17-11(13-10)6-12-14/h6,8,14H,4-5,7,9H2,1-3H3/b12-6+. The quantitative estimate of drug-likeness (QED) is 0.199. The Hall–Kier alpha value is -0.763. The SMILES string of the molecule is C[Si](C)(C)CCOCOCc1csc(/C=N/O)n1. The molecule has 0 aliphatic rings. The highest BCUT2D eigenvalue weighted by Gasteiger charge is 2.11. The lowest BCUT2D eigenvalue weighted by atomic mass is 10.5. The van der Waals surface area contributed by atoms with Crippen LogP contribution >= 0.6 is 11.3 Å². The lowest BCUT2D eigenvalue weighted by Gasteiger charge is -2.15. The summed E-state index contributed by atoms with van der Waals surface area (Å²) in [6.45, 7) is 8.42. The highest BCUT2D eigenvalue weighted by atomic mass is 32.1. The molecule has 1 aromatic rings. The first-order valence-corrected chi connectivity index (χ1v) is 10.4. The zero-order valence-corrected chi connectivity index (χ0v) is 12.9. The Balaban J connectivity index is 2.10. The summed E-state index contributed by atoms with van der Waals surface area (Å²) in [5, 5.41) is 13.8. The van der Waals surface area contributed by atoms with Crippen LogP contribution in [0.25, 0.3) is 0 Å². The van der Waals surface area contributed by atoms with Crippen LogP contribution in [0.2, 0.25) is 25.7 Å². The third-order valence-electron chi connectivity index (χ3n) is 2.15. The monoisotopic (exact) mass is 288 g/mol. The number of rotatable bonds is 8. The molecule has 1 aromatic heterocycles. The van der Waals surface area contributed by atoms with Gasteiger partial charge in [0.15, 0.2) is 0 Å². The molecule has 7 heteroatoms. The molecule has 0 unspecified atom stereocenters. The maximum atomic E-state index is 8.36. The van der Waals surface area contributed by atoms with Crippen molar-refractivity contribution < 1.29 is 14.7 Å². The van der Waals surface area contributed by atoms with E-state index in [1.807, 2.05) is 5.38 Å². The van der Waals surface area contributed by atoms with Crippen LogP contribution in [-0.4, -0.2) is 37.9 Å². The van der Waals surface area contributed by atoms with Gasteiger partial charge in [-0.25, -0.2) is 4.98 Å². The minimum atomic E-state index is -1.02. The Morgan fingerprint density at radius 3 is 2.89 bits per heavy atom. The van der Waals surface area contributed by atoms with E-state index in [-0.39, 0.29) is 0 Å². The predicted octanol–water partition coefficient (Wildman–Crippen LogP) is 2.78. The molecule has 0 bridgehead atoms. The fraction of sp³-hybridized carbons (Fsp3) is 0.636. The summed E-state index contributed by atoms with van der Waals surface area (Å²) in [6.07, 6.45) is 1.30. The van der Waals surface area contributed by atoms with Crippen LogP contribution in [0.15, 0.2) is 10.5 Å². The summed E-state index contributed by atoms with van der Waals surface area (Å²) in [7, 11) is -1.02. The van der Waals surface area contributed by atoms with Gasteiger partial charge >= 0.3 is 0 Å². The molecular weight excluding hydrogens is 268 g/mol. The van der Waals surface area contributed by atoms with Gasteiger partial charge in [-0.2, -0.15) is 0 Å². The number of hydrogen-bond donors (Lipinski definition) is 1. The average molecular weight is 288 g/mol. The van der Waals surface area contributed by atoms with Crippen molar-refractivity contribution in [3.8, 4) is 0 Å². The van der Waals surface area contributed by atoms with Crippen molar-refractivity contribution in [2.45, 2.75) is 32.3 Å². The van der Waals surface area contributed by atoms with Gasteiger partial charge in [-0.15, -0.1) is 11.3 Å². The number of aromatic nitrogens is 1. The van der Waals surface area contributed by atoms with E-state index in [1.54, 1.807) is 0 Å². The predicted molar refractivity (Wildman–Crippen MR) is 75.3 cm³/mol. The molecule has 0 radical (unpaired) electrons. The fourth-order valence-corrected chi connectivity index (χ4v) is 2.55. The molecule has 0 aromatic carbocycles. The first kappa shape index (κ1) is 15.3. The maximum Gasteiger partial charge on any atom is 0.147 e. The Morgan fingerprint density at radius 1 is 1.44 bits per heavy atom. The van der Waals surface area contributed by atoms with Crippen LogP contribution in [0, 0.1) is 0 Å². The van der Waals surface area contributed by atoms with Crippen molar-refractivity contribution in [2.24, 2.45) is 5.16 Å². The third kappa shape index (κ3) is 6.85. The summed E-state index contributed by atoms with van der Waals surface area (Å²) in [6, 6.07) is 1.14. The van der Waals surface area contributed by atoms with Crippen molar-refractivity contribution in [3.05, 3.63) is 16.1 Å². The topological polar surface area (TPSA) is 63.9 Å². The van der Waals surface area contributed by atoms with Crippen LogP contribution < -0.4 is 0 Å². The van der Waals surface area contributed by atoms with Crippen LogP contribution in [-0.2, 0) is 16.1 Å². The normalized spacial score (nSPS) is 12.4. The summed E-state index contributed by atoms with van der Waals surface area (Å²) >= 11 is 1.41. The Labute approximate surface area is 112 Å². The smallest absolute Gasteiger partial charge is 0.147 e. The van der Waals surface area contributed by atoms with Gasteiger partial charge in [0.2, 0.25) is 0 Å². The Kier molecular flexibility index (Phi) is 6.48. The second kappa shape index (κ2) is 7.62. The van der Waals surface area contributed by atoms with Crippen molar-refractivity contribution in [2.75, 3.05) is 13.4 Å². The first-order chi connectivity index (χ1) is 8.51. The molecule has 0 amide bonds. The van der Waals surface area contributed by atoms with E-state index in [9.17, 15) is 0 Å². The molecule has 102 valence electrons. The lowest BCUT2D eigenvalue weighted by Crippen LogP contribution is -2.22. The van der Waals surface area contributed by atoms with E-state index < -0.39 is 8.07 Å².